The van der Waals surface area contributed by atoms with Gasteiger partial charge in [0.15, 0.2) is 0 Å². The Morgan fingerprint density at radius 3 is 2.84 bits per heavy atom. The fourth-order valence-corrected chi connectivity index (χ4v) is 2.55. The van der Waals surface area contributed by atoms with E-state index in [1.54, 1.807) is 6.20 Å². The van der Waals surface area contributed by atoms with Crippen molar-refractivity contribution in [3.8, 4) is 0 Å². The summed E-state index contributed by atoms with van der Waals surface area (Å²) in [7, 11) is 0. The summed E-state index contributed by atoms with van der Waals surface area (Å²) in [5, 5.41) is 3.51. The molecule has 3 nitrogen and oxygen atoms in total. The molecule has 0 aliphatic heterocycles. The van der Waals surface area contributed by atoms with Crippen molar-refractivity contribution in [2.75, 3.05) is 12.3 Å². The highest BCUT2D eigenvalue weighted by Gasteiger charge is 2.11. The predicted octanol–water partition coefficient (Wildman–Crippen LogP) is 3.32. The summed E-state index contributed by atoms with van der Waals surface area (Å²) in [5.41, 5.74) is 8.20. The van der Waals surface area contributed by atoms with Crippen LogP contribution in [-0.4, -0.2) is 11.5 Å². The van der Waals surface area contributed by atoms with Crippen LogP contribution in [0.1, 0.15) is 24.1 Å². The Kier molecular flexibility index (Phi) is 4.93. The zero-order valence-electron chi connectivity index (χ0n) is 10.9. The number of hydrogen-bond donors (Lipinski definition) is 2. The van der Waals surface area contributed by atoms with Crippen molar-refractivity contribution in [3.05, 3.63) is 58.2 Å². The molecule has 0 spiro atoms. The van der Waals surface area contributed by atoms with Crippen molar-refractivity contribution in [2.24, 2.45) is 0 Å². The molecule has 1 aromatic carbocycles. The Morgan fingerprint density at radius 2 is 2.16 bits per heavy atom. The minimum Gasteiger partial charge on any atom is -0.384 e. The van der Waals surface area contributed by atoms with Gasteiger partial charge in [0, 0.05) is 16.7 Å². The topological polar surface area (TPSA) is 50.9 Å². The molecule has 0 aliphatic rings. The maximum Gasteiger partial charge on any atom is 0.123 e. The smallest absolute Gasteiger partial charge is 0.123 e. The van der Waals surface area contributed by atoms with Gasteiger partial charge in [0.25, 0.3) is 0 Å². The summed E-state index contributed by atoms with van der Waals surface area (Å²) in [5.74, 6) is 0.571. The summed E-state index contributed by atoms with van der Waals surface area (Å²) in [6.45, 7) is 3.05. The normalized spacial score (nSPS) is 12.3. The predicted molar refractivity (Wildman–Crippen MR) is 82.9 cm³/mol. The summed E-state index contributed by atoms with van der Waals surface area (Å²) >= 11 is 3.52. The zero-order valence-corrected chi connectivity index (χ0v) is 12.5. The van der Waals surface area contributed by atoms with Crippen LogP contribution in [0.3, 0.4) is 0 Å². The van der Waals surface area contributed by atoms with Gasteiger partial charge in [-0.3, -0.25) is 0 Å². The van der Waals surface area contributed by atoms with Crippen LogP contribution in [0.5, 0.6) is 0 Å². The zero-order chi connectivity index (χ0) is 13.7. The van der Waals surface area contributed by atoms with Crippen LogP contribution in [0.15, 0.2) is 47.1 Å². The minimum absolute atomic E-state index is 0.282. The van der Waals surface area contributed by atoms with Crippen LogP contribution in [0.2, 0.25) is 0 Å². The van der Waals surface area contributed by atoms with E-state index in [9.17, 15) is 0 Å². The quantitative estimate of drug-likeness (QED) is 0.888. The van der Waals surface area contributed by atoms with Gasteiger partial charge in [-0.25, -0.2) is 4.98 Å². The molecule has 1 unspecified atom stereocenters. The molecule has 0 saturated heterocycles. The van der Waals surface area contributed by atoms with E-state index >= 15 is 0 Å². The highest BCUT2D eigenvalue weighted by molar-refractivity contribution is 9.10. The first-order valence-corrected chi connectivity index (χ1v) is 7.17. The molecule has 2 rings (SSSR count). The number of nitrogens with one attached hydrogen (secondary N) is 1. The molecule has 0 amide bonds. The molecular weight excluding hydrogens is 302 g/mol. The van der Waals surface area contributed by atoms with Crippen LogP contribution in [-0.2, 0) is 6.42 Å². The maximum absolute atomic E-state index is 5.73. The van der Waals surface area contributed by atoms with Crippen LogP contribution in [0.25, 0.3) is 0 Å². The van der Waals surface area contributed by atoms with Gasteiger partial charge < -0.3 is 11.1 Å². The number of benzene rings is 1. The van der Waals surface area contributed by atoms with Gasteiger partial charge in [0.05, 0.1) is 0 Å². The molecule has 1 atom stereocenters. The number of hydrogen-bond acceptors (Lipinski definition) is 3. The molecule has 2 aromatic rings. The van der Waals surface area contributed by atoms with E-state index in [1.165, 1.54) is 11.1 Å². The lowest BCUT2D eigenvalue weighted by Crippen LogP contribution is -2.23. The summed E-state index contributed by atoms with van der Waals surface area (Å²) < 4.78 is 1.10. The van der Waals surface area contributed by atoms with Crippen LogP contribution >= 0.6 is 15.9 Å². The van der Waals surface area contributed by atoms with Crippen LogP contribution < -0.4 is 11.1 Å². The first-order chi connectivity index (χ1) is 9.19. The Labute approximate surface area is 122 Å². The van der Waals surface area contributed by atoms with E-state index in [2.05, 4.69) is 51.4 Å². The largest absolute Gasteiger partial charge is 0.384 e. The van der Waals surface area contributed by atoms with Crippen LogP contribution in [0.4, 0.5) is 5.82 Å². The van der Waals surface area contributed by atoms with Gasteiger partial charge in [0.2, 0.25) is 0 Å². The number of aromatic nitrogens is 1. The third-order valence-corrected chi connectivity index (χ3v) is 3.48. The van der Waals surface area contributed by atoms with Gasteiger partial charge in [-0.05, 0) is 48.4 Å². The second-order valence-corrected chi connectivity index (χ2v) is 5.37. The van der Waals surface area contributed by atoms with Gasteiger partial charge in [-0.2, -0.15) is 0 Å². The number of nitrogens with zero attached hydrogens (tertiary/aromatic N) is 1. The minimum atomic E-state index is 0.282. The van der Waals surface area contributed by atoms with Gasteiger partial charge in [-0.1, -0.05) is 35.0 Å². The molecule has 0 radical (unpaired) electrons. The highest BCUT2D eigenvalue weighted by Crippen LogP contribution is 2.22. The Bertz CT molecular complexity index is 542. The second-order valence-electron chi connectivity index (χ2n) is 4.46. The number of rotatable bonds is 5. The van der Waals surface area contributed by atoms with E-state index in [0.717, 1.165) is 17.4 Å². The Morgan fingerprint density at radius 1 is 1.32 bits per heavy atom. The number of likely N-dealkylation sites (N-methyl/N-ethyl adjacent to an activating group) is 1. The number of nitrogens with two attached hydrogens (primary N) is 1. The van der Waals surface area contributed by atoms with Crippen molar-refractivity contribution < 1.29 is 0 Å². The lowest BCUT2D eigenvalue weighted by molar-refractivity contribution is 0.549. The lowest BCUT2D eigenvalue weighted by atomic mass is 9.99. The number of halogens is 1. The van der Waals surface area contributed by atoms with Crippen LogP contribution in [0, 0.1) is 0 Å². The Balaban J connectivity index is 2.21. The summed E-state index contributed by atoms with van der Waals surface area (Å²) in [4.78, 5) is 4.03. The van der Waals surface area contributed by atoms with Gasteiger partial charge in [0.1, 0.15) is 5.82 Å². The number of nitrogen functional groups attached to an aromatic ring is 1. The fourth-order valence-electron chi connectivity index (χ4n) is 2.13. The van der Waals surface area contributed by atoms with Gasteiger partial charge in [-0.15, -0.1) is 0 Å². The molecule has 0 saturated carbocycles. The first kappa shape index (κ1) is 14.0. The SMILES string of the molecule is CCNC(Cc1ccnc(N)c1)c1cccc(Br)c1. The molecule has 4 heteroatoms. The molecule has 19 heavy (non-hydrogen) atoms. The first-order valence-electron chi connectivity index (χ1n) is 6.38. The van der Waals surface area contributed by atoms with E-state index in [4.69, 9.17) is 5.73 Å². The third kappa shape index (κ3) is 4.04. The molecular formula is C15H18BrN3. The van der Waals surface area contributed by atoms with Crippen molar-refractivity contribution in [3.63, 3.8) is 0 Å². The fraction of sp³-hybridized carbons (Fsp3) is 0.267. The van der Waals surface area contributed by atoms with Crippen molar-refractivity contribution in [1.82, 2.24) is 10.3 Å². The molecule has 1 heterocycles. The monoisotopic (exact) mass is 319 g/mol. The number of anilines is 1. The van der Waals surface area contributed by atoms with Crippen molar-refractivity contribution in [1.29, 1.82) is 0 Å². The van der Waals surface area contributed by atoms with E-state index in [-0.39, 0.29) is 6.04 Å². The standard InChI is InChI=1S/C15H18BrN3/c1-2-18-14(12-4-3-5-13(16)10-12)8-11-6-7-19-15(17)9-11/h3-7,9-10,14,18H,2,8H2,1H3,(H2,17,19). The molecule has 3 N–H and O–H groups in total. The van der Waals surface area contributed by atoms with Crippen molar-refractivity contribution in [2.45, 2.75) is 19.4 Å². The average Bonchev–Trinajstić information content (AvgIpc) is 2.38. The molecule has 0 fully saturated rings. The second kappa shape index (κ2) is 6.68. The summed E-state index contributed by atoms with van der Waals surface area (Å²) in [6.07, 6.45) is 2.66. The maximum atomic E-state index is 5.73. The molecule has 1 aromatic heterocycles. The van der Waals surface area contributed by atoms with E-state index in [1.807, 2.05) is 18.2 Å². The molecule has 0 aliphatic carbocycles. The average molecular weight is 320 g/mol. The highest BCUT2D eigenvalue weighted by atomic mass is 79.9. The van der Waals surface area contributed by atoms with E-state index in [0.29, 0.717) is 5.82 Å². The number of pyridine rings is 1. The third-order valence-electron chi connectivity index (χ3n) is 2.99. The van der Waals surface area contributed by atoms with Gasteiger partial charge >= 0.3 is 0 Å². The molecule has 0 bridgehead atoms. The molecule has 100 valence electrons. The van der Waals surface area contributed by atoms with Crippen molar-refractivity contribution >= 4 is 21.7 Å². The summed E-state index contributed by atoms with van der Waals surface area (Å²) in [6, 6.07) is 12.6. The lowest BCUT2D eigenvalue weighted by Gasteiger charge is -2.19. The van der Waals surface area contributed by atoms with E-state index < -0.39 is 0 Å². The Hall–Kier alpha value is -1.39.